The predicted molar refractivity (Wildman–Crippen MR) is 241 cm³/mol. The van der Waals surface area contributed by atoms with Crippen LogP contribution in [0, 0.1) is 21.7 Å². The monoisotopic (exact) mass is 765 g/mol. The number of hydrogen-bond acceptors (Lipinski definition) is 3. The first-order valence-corrected chi connectivity index (χ1v) is 20.7. The fraction of sp³-hybridized carbons (Fsp3) is 0.444. The first-order valence-electron chi connectivity index (χ1n) is 20.7. The first kappa shape index (κ1) is 43.6. The van der Waals surface area contributed by atoms with Gasteiger partial charge in [-0.3, -0.25) is 9.59 Å². The van der Waals surface area contributed by atoms with Crippen molar-refractivity contribution in [1.82, 2.24) is 0 Å². The zero-order valence-corrected chi connectivity index (χ0v) is 38.3. The molecule has 0 saturated heterocycles. The number of carbonyl (C=O) groups is 2. The lowest BCUT2D eigenvalue weighted by Gasteiger charge is -2.32. The van der Waals surface area contributed by atoms with Gasteiger partial charge >= 0.3 is 0 Å². The van der Waals surface area contributed by atoms with E-state index in [9.17, 15) is 9.59 Å². The normalized spacial score (nSPS) is 16.3. The second-order valence-corrected chi connectivity index (χ2v) is 22.4. The van der Waals surface area contributed by atoms with Crippen LogP contribution in [0.5, 0.6) is 0 Å². The highest BCUT2D eigenvalue weighted by Crippen LogP contribution is 2.45. The molecule has 2 aliphatic carbocycles. The summed E-state index contributed by atoms with van der Waals surface area (Å²) in [6.07, 6.45) is 8.34. The summed E-state index contributed by atoms with van der Waals surface area (Å²) in [5.41, 5.74) is 9.92. The fourth-order valence-corrected chi connectivity index (χ4v) is 7.56. The van der Waals surface area contributed by atoms with Crippen LogP contribution in [0.25, 0.3) is 11.1 Å². The smallest absolute Gasteiger partial charge is 0.186 e. The molecule has 0 atom stereocenters. The molecule has 0 aliphatic heterocycles. The minimum atomic E-state index is -0.369. The van der Waals surface area contributed by atoms with Crippen LogP contribution in [0.2, 0.25) is 0 Å². The zero-order chi connectivity index (χ0) is 42.8. The summed E-state index contributed by atoms with van der Waals surface area (Å²) in [5.74, 6) is 1.62. The van der Waals surface area contributed by atoms with Gasteiger partial charge in [-0.15, -0.1) is 0 Å². The molecule has 2 aromatic carbocycles. The van der Waals surface area contributed by atoms with Crippen LogP contribution >= 0.6 is 0 Å². The van der Waals surface area contributed by atoms with Crippen LogP contribution in [0.1, 0.15) is 158 Å². The molecule has 0 amide bonds. The van der Waals surface area contributed by atoms with Gasteiger partial charge in [0.2, 0.25) is 0 Å². The number of ketones is 2. The van der Waals surface area contributed by atoms with Gasteiger partial charge in [-0.1, -0.05) is 173 Å². The van der Waals surface area contributed by atoms with Gasteiger partial charge < -0.3 is 4.42 Å². The molecule has 302 valence electrons. The Kier molecular flexibility index (Phi) is 11.3. The molecule has 0 fully saturated rings. The van der Waals surface area contributed by atoms with Crippen LogP contribution in [-0.4, -0.2) is 11.6 Å². The van der Waals surface area contributed by atoms with Crippen molar-refractivity contribution in [3.8, 4) is 0 Å². The standard InChI is InChI=1S/C54H68O3/c1-49(2,3)37-23-19-33(20-24-37)45(35-29-39(51(7,8)9)47(55)40(30-35)52(10,11)12)43-27-28-44(57-43)46(34-21-25-38(26-22-34)50(4,5)6)36-31-41(53(13,14)15)48(56)42(32-36)54(16,17)18/h19-32H,1-18H3. The van der Waals surface area contributed by atoms with Gasteiger partial charge in [-0.05, 0) is 102 Å². The minimum Gasteiger partial charge on any atom is -0.456 e. The maximum atomic E-state index is 14.1. The van der Waals surface area contributed by atoms with Gasteiger partial charge in [0, 0.05) is 33.4 Å². The second kappa shape index (κ2) is 14.7. The largest absolute Gasteiger partial charge is 0.456 e. The van der Waals surface area contributed by atoms with E-state index in [0.29, 0.717) is 11.5 Å². The summed E-state index contributed by atoms with van der Waals surface area (Å²) in [6, 6.07) is 21.7. The Labute approximate surface area is 344 Å². The maximum Gasteiger partial charge on any atom is 0.186 e. The van der Waals surface area contributed by atoms with E-state index in [1.807, 2.05) is 0 Å². The third-order valence-corrected chi connectivity index (χ3v) is 11.2. The SMILES string of the molecule is CC(C)(C)C1=CC(=C(c2ccc(C(C)(C)C)cc2)c2ccc(C(=C3C=C(C(C)(C)C)C(=O)C(C(C)(C)C)=C3)c3ccc(C(C)(C)C)cc3)o2)C=C(C(C)(C)C)C1=O. The van der Waals surface area contributed by atoms with Gasteiger partial charge in [0.25, 0.3) is 0 Å². The minimum absolute atomic E-state index is 0.0105. The molecule has 1 aromatic heterocycles. The first-order chi connectivity index (χ1) is 25.9. The molecule has 0 spiro atoms. The molecular formula is C54H68O3. The van der Waals surface area contributed by atoms with Crippen LogP contribution in [0.3, 0.4) is 0 Å². The molecule has 0 N–H and O–H groups in total. The lowest BCUT2D eigenvalue weighted by molar-refractivity contribution is -0.114. The number of carbonyl (C=O) groups excluding carboxylic acids is 2. The van der Waals surface area contributed by atoms with E-state index >= 15 is 0 Å². The molecule has 1 heterocycles. The Morgan fingerprint density at radius 1 is 0.351 bits per heavy atom. The molecule has 5 rings (SSSR count). The molecule has 3 heteroatoms. The highest BCUT2D eigenvalue weighted by Gasteiger charge is 2.37. The van der Waals surface area contributed by atoms with Crippen molar-refractivity contribution >= 4 is 22.7 Å². The molecule has 0 saturated carbocycles. The fourth-order valence-electron chi connectivity index (χ4n) is 7.56. The zero-order valence-electron chi connectivity index (χ0n) is 38.3. The molecular weight excluding hydrogens is 697 g/mol. The van der Waals surface area contributed by atoms with Gasteiger partial charge in [-0.2, -0.15) is 0 Å². The summed E-state index contributed by atoms with van der Waals surface area (Å²) in [7, 11) is 0. The van der Waals surface area contributed by atoms with E-state index in [0.717, 1.165) is 55.7 Å². The van der Waals surface area contributed by atoms with E-state index in [1.54, 1.807) is 0 Å². The van der Waals surface area contributed by atoms with E-state index in [2.05, 4.69) is 210 Å². The molecule has 3 nitrogen and oxygen atoms in total. The average Bonchev–Trinajstić information content (AvgIpc) is 3.52. The van der Waals surface area contributed by atoms with Crippen molar-refractivity contribution in [3.63, 3.8) is 0 Å². The number of benzene rings is 2. The summed E-state index contributed by atoms with van der Waals surface area (Å²) in [6.45, 7) is 38.7. The Balaban J connectivity index is 1.90. The summed E-state index contributed by atoms with van der Waals surface area (Å²) in [4.78, 5) is 28.2. The van der Waals surface area contributed by atoms with E-state index in [-0.39, 0.29) is 44.1 Å². The summed E-state index contributed by atoms with van der Waals surface area (Å²) >= 11 is 0. The molecule has 2 aliphatic rings. The second-order valence-electron chi connectivity index (χ2n) is 22.4. The number of allylic oxidation sites excluding steroid dienone is 10. The van der Waals surface area contributed by atoms with E-state index < -0.39 is 0 Å². The Morgan fingerprint density at radius 2 is 0.596 bits per heavy atom. The van der Waals surface area contributed by atoms with Gasteiger partial charge in [0.1, 0.15) is 11.5 Å². The third-order valence-electron chi connectivity index (χ3n) is 11.2. The van der Waals surface area contributed by atoms with Crippen molar-refractivity contribution in [2.45, 2.75) is 135 Å². The van der Waals surface area contributed by atoms with E-state index in [4.69, 9.17) is 4.42 Å². The highest BCUT2D eigenvalue weighted by molar-refractivity contribution is 6.13. The van der Waals surface area contributed by atoms with Crippen LogP contribution in [0.4, 0.5) is 0 Å². The van der Waals surface area contributed by atoms with Gasteiger partial charge in [0.05, 0.1) is 0 Å². The Morgan fingerprint density at radius 3 is 0.807 bits per heavy atom. The molecule has 0 unspecified atom stereocenters. The van der Waals surface area contributed by atoms with Crippen molar-refractivity contribution in [2.75, 3.05) is 0 Å². The molecule has 3 aromatic rings. The van der Waals surface area contributed by atoms with Crippen molar-refractivity contribution < 1.29 is 14.0 Å². The summed E-state index contributed by atoms with van der Waals surface area (Å²) < 4.78 is 7.15. The maximum absolute atomic E-state index is 14.1. The molecule has 0 bridgehead atoms. The number of Topliss-reactive ketones (excluding diaryl/α,β-unsaturated/α-hetero) is 2. The molecule has 0 radical (unpaired) electrons. The van der Waals surface area contributed by atoms with Gasteiger partial charge in [0.15, 0.2) is 11.6 Å². The number of rotatable bonds is 4. The Bertz CT molecular complexity index is 2020. The van der Waals surface area contributed by atoms with E-state index in [1.165, 1.54) is 11.1 Å². The predicted octanol–water partition coefficient (Wildman–Crippen LogP) is 14.5. The average molecular weight is 765 g/mol. The number of hydrogen-bond donors (Lipinski definition) is 0. The lowest BCUT2D eigenvalue weighted by atomic mass is 9.71. The van der Waals surface area contributed by atoms with Crippen molar-refractivity contribution in [3.05, 3.63) is 152 Å². The summed E-state index contributed by atoms with van der Waals surface area (Å²) in [5, 5.41) is 0. The van der Waals surface area contributed by atoms with Crippen LogP contribution < -0.4 is 0 Å². The van der Waals surface area contributed by atoms with Crippen molar-refractivity contribution in [2.24, 2.45) is 21.7 Å². The quantitative estimate of drug-likeness (QED) is 0.266. The highest BCUT2D eigenvalue weighted by atomic mass is 16.3. The van der Waals surface area contributed by atoms with Gasteiger partial charge in [-0.25, -0.2) is 0 Å². The van der Waals surface area contributed by atoms with Crippen LogP contribution in [-0.2, 0) is 20.4 Å². The third kappa shape index (κ3) is 9.30. The number of furan rings is 1. The topological polar surface area (TPSA) is 47.3 Å². The van der Waals surface area contributed by atoms with Crippen molar-refractivity contribution in [1.29, 1.82) is 0 Å². The Hall–Kier alpha value is -4.50. The lowest BCUT2D eigenvalue weighted by Crippen LogP contribution is -2.28. The molecule has 57 heavy (non-hydrogen) atoms. The van der Waals surface area contributed by atoms with Crippen LogP contribution in [0.15, 0.2) is 123 Å².